The molecule has 0 aliphatic heterocycles. The van der Waals surface area contributed by atoms with Crippen molar-refractivity contribution >= 4 is 28.3 Å². The molecule has 6 nitrogen and oxygen atoms in total. The number of aliphatic hydroxyl groups is 1. The van der Waals surface area contributed by atoms with Crippen LogP contribution in [0.15, 0.2) is 42.5 Å². The Bertz CT molecular complexity index is 1480. The van der Waals surface area contributed by atoms with Crippen LogP contribution >= 0.6 is 11.6 Å². The fraction of sp³-hybridized carbons (Fsp3) is 0.286. The maximum atomic E-state index is 13.8. The van der Waals surface area contributed by atoms with Crippen molar-refractivity contribution in [3.05, 3.63) is 76.1 Å². The highest BCUT2D eigenvalue weighted by molar-refractivity contribution is 6.37. The number of aryl methyl sites for hydroxylation is 1. The SMILES string of the molecule is CC.Cn1nc(N)c2c(Cl)ccc(-c3ccc(C#CC(C)(C)O)nc3C(N)Cc3cc(F)cc(F)c3)c21. The molecule has 4 aromatic rings. The molecule has 194 valence electrons. The van der Waals surface area contributed by atoms with Gasteiger partial charge in [0.1, 0.15) is 22.9 Å². The highest BCUT2D eigenvalue weighted by Gasteiger charge is 2.21. The summed E-state index contributed by atoms with van der Waals surface area (Å²) in [6.07, 6.45) is 0.126. The second-order valence-electron chi connectivity index (χ2n) is 8.85. The monoisotopic (exact) mass is 525 g/mol. The number of benzene rings is 2. The lowest BCUT2D eigenvalue weighted by Crippen LogP contribution is -2.17. The van der Waals surface area contributed by atoms with E-state index in [1.807, 2.05) is 26.0 Å². The van der Waals surface area contributed by atoms with Gasteiger partial charge in [0, 0.05) is 24.2 Å². The zero-order chi connectivity index (χ0) is 27.5. The van der Waals surface area contributed by atoms with E-state index in [2.05, 4.69) is 21.9 Å². The van der Waals surface area contributed by atoms with Crippen molar-refractivity contribution in [2.24, 2.45) is 12.8 Å². The summed E-state index contributed by atoms with van der Waals surface area (Å²) >= 11 is 6.40. The van der Waals surface area contributed by atoms with E-state index in [1.165, 1.54) is 12.1 Å². The molecule has 0 fully saturated rings. The number of hydrogen-bond acceptors (Lipinski definition) is 5. The van der Waals surface area contributed by atoms with Crippen LogP contribution in [0.4, 0.5) is 14.6 Å². The summed E-state index contributed by atoms with van der Waals surface area (Å²) in [5, 5.41) is 15.3. The highest BCUT2D eigenvalue weighted by Crippen LogP contribution is 2.38. The van der Waals surface area contributed by atoms with Crippen LogP contribution in [0.2, 0.25) is 5.02 Å². The Kier molecular flexibility index (Phi) is 8.54. The third kappa shape index (κ3) is 6.44. The normalized spacial score (nSPS) is 11.9. The number of fused-ring (bicyclic) bond motifs is 1. The number of pyridine rings is 1. The standard InChI is InChI=1S/C26H24ClF2N5O.C2H6/c1-26(2,35)9-8-17-4-5-18(19-6-7-20(27)22-24(19)34(3)33-25(22)31)23(32-17)21(30)12-14-10-15(28)13-16(29)11-14;1-2/h4-7,10-11,13,21,35H,12,30H2,1-3H3,(H2,31,33);1-2H3. The van der Waals surface area contributed by atoms with Crippen LogP contribution in [0, 0.1) is 23.5 Å². The van der Waals surface area contributed by atoms with Gasteiger partial charge in [0.2, 0.25) is 0 Å². The number of aromatic nitrogens is 3. The zero-order valence-electron chi connectivity index (χ0n) is 21.4. The lowest BCUT2D eigenvalue weighted by Gasteiger charge is -2.18. The second kappa shape index (κ2) is 11.3. The number of rotatable bonds is 4. The van der Waals surface area contributed by atoms with Gasteiger partial charge < -0.3 is 16.6 Å². The van der Waals surface area contributed by atoms with E-state index < -0.39 is 23.3 Å². The molecule has 0 saturated heterocycles. The first-order chi connectivity index (χ1) is 17.4. The van der Waals surface area contributed by atoms with Gasteiger partial charge in [-0.05, 0) is 62.1 Å². The molecular formula is C28H30ClF2N5O. The average Bonchev–Trinajstić information content (AvgIpc) is 3.13. The van der Waals surface area contributed by atoms with Gasteiger partial charge in [-0.25, -0.2) is 13.8 Å². The minimum absolute atomic E-state index is 0.126. The molecular weight excluding hydrogens is 496 g/mol. The Morgan fingerprint density at radius 1 is 1.08 bits per heavy atom. The molecule has 1 unspecified atom stereocenters. The smallest absolute Gasteiger partial charge is 0.154 e. The Hall–Kier alpha value is -3.51. The van der Waals surface area contributed by atoms with Crippen LogP contribution in [0.3, 0.4) is 0 Å². The van der Waals surface area contributed by atoms with Gasteiger partial charge in [0.05, 0.1) is 27.7 Å². The van der Waals surface area contributed by atoms with Gasteiger partial charge in [-0.15, -0.1) is 0 Å². The fourth-order valence-electron chi connectivity index (χ4n) is 3.98. The largest absolute Gasteiger partial charge is 0.382 e. The number of anilines is 1. The minimum atomic E-state index is -1.21. The molecule has 0 amide bonds. The third-order valence-corrected chi connectivity index (χ3v) is 5.72. The van der Waals surface area contributed by atoms with E-state index in [9.17, 15) is 13.9 Å². The van der Waals surface area contributed by atoms with Gasteiger partial charge in [-0.1, -0.05) is 37.4 Å². The summed E-state index contributed by atoms with van der Waals surface area (Å²) in [6.45, 7) is 7.13. The molecule has 2 aromatic carbocycles. The Morgan fingerprint density at radius 3 is 2.32 bits per heavy atom. The maximum absolute atomic E-state index is 13.8. The predicted octanol–water partition coefficient (Wildman–Crippen LogP) is 5.54. The molecule has 0 spiro atoms. The molecule has 2 heterocycles. The summed E-state index contributed by atoms with van der Waals surface area (Å²) in [4.78, 5) is 4.67. The lowest BCUT2D eigenvalue weighted by molar-refractivity contribution is 0.143. The number of nitrogens with zero attached hydrogens (tertiary/aromatic N) is 3. The van der Waals surface area contributed by atoms with Gasteiger partial charge in [0.25, 0.3) is 0 Å². The van der Waals surface area contributed by atoms with Crippen LogP contribution in [-0.4, -0.2) is 25.5 Å². The molecule has 0 radical (unpaired) electrons. The molecule has 0 saturated carbocycles. The Balaban J connectivity index is 0.00000186. The van der Waals surface area contributed by atoms with Gasteiger partial charge in [-0.2, -0.15) is 5.10 Å². The van der Waals surface area contributed by atoms with E-state index in [0.717, 1.165) is 11.6 Å². The first-order valence-corrected chi connectivity index (χ1v) is 12.2. The summed E-state index contributed by atoms with van der Waals surface area (Å²) in [5.41, 5.74) is 14.8. The molecule has 2 aromatic heterocycles. The lowest BCUT2D eigenvalue weighted by atomic mass is 9.94. The van der Waals surface area contributed by atoms with Crippen LogP contribution in [0.25, 0.3) is 22.0 Å². The fourth-order valence-corrected chi connectivity index (χ4v) is 4.23. The molecule has 9 heteroatoms. The first-order valence-electron chi connectivity index (χ1n) is 11.8. The van der Waals surface area contributed by atoms with E-state index >= 15 is 0 Å². The summed E-state index contributed by atoms with van der Waals surface area (Å²) in [5.74, 6) is 4.51. The van der Waals surface area contributed by atoms with Gasteiger partial charge in [0.15, 0.2) is 5.82 Å². The minimum Gasteiger partial charge on any atom is -0.382 e. The second-order valence-corrected chi connectivity index (χ2v) is 9.26. The Morgan fingerprint density at radius 2 is 1.70 bits per heavy atom. The molecule has 5 N–H and O–H groups in total. The van der Waals surface area contributed by atoms with E-state index in [4.69, 9.17) is 23.1 Å². The summed E-state index contributed by atoms with van der Waals surface area (Å²) in [6, 6.07) is 9.63. The van der Waals surface area contributed by atoms with E-state index in [1.54, 1.807) is 37.7 Å². The van der Waals surface area contributed by atoms with Crippen molar-refractivity contribution < 1.29 is 13.9 Å². The van der Waals surface area contributed by atoms with Crippen molar-refractivity contribution in [2.45, 2.75) is 45.8 Å². The summed E-state index contributed by atoms with van der Waals surface area (Å²) in [7, 11) is 1.75. The molecule has 1 atom stereocenters. The van der Waals surface area contributed by atoms with Crippen molar-refractivity contribution in [1.82, 2.24) is 14.8 Å². The number of halogens is 3. The molecule has 0 aliphatic carbocycles. The first kappa shape index (κ1) is 28.1. The van der Waals surface area contributed by atoms with E-state index in [-0.39, 0.29) is 12.2 Å². The molecule has 0 bridgehead atoms. The van der Waals surface area contributed by atoms with Crippen LogP contribution < -0.4 is 11.5 Å². The molecule has 4 rings (SSSR count). The maximum Gasteiger partial charge on any atom is 0.154 e. The quantitative estimate of drug-likeness (QED) is 0.303. The number of nitrogen functional groups attached to an aromatic ring is 1. The van der Waals surface area contributed by atoms with Crippen LogP contribution in [0.1, 0.15) is 50.7 Å². The topological polar surface area (TPSA) is 103 Å². The number of hydrogen-bond donors (Lipinski definition) is 3. The van der Waals surface area contributed by atoms with Crippen molar-refractivity contribution in [2.75, 3.05) is 5.73 Å². The van der Waals surface area contributed by atoms with Crippen molar-refractivity contribution in [1.29, 1.82) is 0 Å². The van der Waals surface area contributed by atoms with Crippen molar-refractivity contribution in [3.63, 3.8) is 0 Å². The molecule has 0 aliphatic rings. The zero-order valence-corrected chi connectivity index (χ0v) is 22.2. The summed E-state index contributed by atoms with van der Waals surface area (Å²) < 4.78 is 29.2. The third-order valence-electron chi connectivity index (χ3n) is 5.41. The van der Waals surface area contributed by atoms with E-state index in [0.29, 0.717) is 38.4 Å². The van der Waals surface area contributed by atoms with Gasteiger partial charge in [-0.3, -0.25) is 4.68 Å². The van der Waals surface area contributed by atoms with Crippen LogP contribution in [0.5, 0.6) is 0 Å². The Labute approximate surface area is 220 Å². The average molecular weight is 526 g/mol. The highest BCUT2D eigenvalue weighted by atomic mass is 35.5. The van der Waals surface area contributed by atoms with Gasteiger partial charge >= 0.3 is 0 Å². The van der Waals surface area contributed by atoms with Crippen LogP contribution in [-0.2, 0) is 13.5 Å². The predicted molar refractivity (Wildman–Crippen MR) is 145 cm³/mol. The van der Waals surface area contributed by atoms with Crippen molar-refractivity contribution in [3.8, 4) is 23.0 Å². The molecule has 37 heavy (non-hydrogen) atoms. The number of nitrogens with two attached hydrogens (primary N) is 2.